The molecular weight excluding hydrogens is 246 g/mol. The number of hydrogen-bond acceptors (Lipinski definition) is 5. The molecule has 0 fully saturated rings. The van der Waals surface area contributed by atoms with Crippen molar-refractivity contribution in [2.75, 3.05) is 26.9 Å². The molecule has 0 radical (unpaired) electrons. The zero-order chi connectivity index (χ0) is 14.3. The number of aliphatic hydroxyl groups excluding tert-OH is 1. The van der Waals surface area contributed by atoms with Crippen LogP contribution < -0.4 is 15.2 Å². The first-order valence-electron chi connectivity index (χ1n) is 6.40. The number of rotatable bonds is 8. The molecule has 0 spiro atoms. The maximum atomic E-state index is 9.69. The van der Waals surface area contributed by atoms with Gasteiger partial charge in [0, 0.05) is 24.3 Å². The number of nitrogens with two attached hydrogens (primary N) is 1. The van der Waals surface area contributed by atoms with Crippen LogP contribution in [0.3, 0.4) is 0 Å². The quantitative estimate of drug-likeness (QED) is 0.748. The standard InChI is InChI=1S/C14H23NO4/c1-4-18-8-11(16)9-19-14-7-12(17-3)5-6-13(14)10(2)15/h5-7,10-11,16H,4,8-9,15H2,1-3H3/t10-,11?/m1/s1. The summed E-state index contributed by atoms with van der Waals surface area (Å²) < 4.78 is 15.9. The van der Waals surface area contributed by atoms with Crippen molar-refractivity contribution in [1.29, 1.82) is 0 Å². The summed E-state index contributed by atoms with van der Waals surface area (Å²) in [6, 6.07) is 5.33. The van der Waals surface area contributed by atoms with Gasteiger partial charge in [0.2, 0.25) is 0 Å². The number of benzene rings is 1. The van der Waals surface area contributed by atoms with E-state index < -0.39 is 6.10 Å². The van der Waals surface area contributed by atoms with Gasteiger partial charge in [-0.05, 0) is 19.9 Å². The number of ether oxygens (including phenoxy) is 3. The SMILES string of the molecule is CCOCC(O)COc1cc(OC)ccc1[C@@H](C)N. The van der Waals surface area contributed by atoms with E-state index in [1.165, 1.54) is 0 Å². The van der Waals surface area contributed by atoms with Gasteiger partial charge in [-0.2, -0.15) is 0 Å². The minimum absolute atomic E-state index is 0.148. The van der Waals surface area contributed by atoms with E-state index in [-0.39, 0.29) is 19.3 Å². The summed E-state index contributed by atoms with van der Waals surface area (Å²) in [5.74, 6) is 1.32. The summed E-state index contributed by atoms with van der Waals surface area (Å²) in [4.78, 5) is 0. The van der Waals surface area contributed by atoms with Gasteiger partial charge < -0.3 is 25.1 Å². The Morgan fingerprint density at radius 1 is 1.32 bits per heavy atom. The number of hydrogen-bond donors (Lipinski definition) is 2. The average Bonchev–Trinajstić information content (AvgIpc) is 2.42. The van der Waals surface area contributed by atoms with Gasteiger partial charge in [0.1, 0.15) is 24.2 Å². The number of methoxy groups -OCH3 is 1. The summed E-state index contributed by atoms with van der Waals surface area (Å²) in [5, 5.41) is 9.69. The Balaban J connectivity index is 2.69. The highest BCUT2D eigenvalue weighted by molar-refractivity contribution is 5.42. The lowest BCUT2D eigenvalue weighted by Crippen LogP contribution is -2.24. The third-order valence-electron chi connectivity index (χ3n) is 2.66. The molecule has 0 aliphatic carbocycles. The fraction of sp³-hybridized carbons (Fsp3) is 0.571. The molecule has 0 saturated carbocycles. The Labute approximate surface area is 114 Å². The maximum Gasteiger partial charge on any atom is 0.127 e. The lowest BCUT2D eigenvalue weighted by atomic mass is 10.1. The van der Waals surface area contributed by atoms with Crippen molar-refractivity contribution in [3.8, 4) is 11.5 Å². The summed E-state index contributed by atoms with van der Waals surface area (Å²) in [6.07, 6.45) is -0.660. The second kappa shape index (κ2) is 7.99. The molecule has 0 bridgehead atoms. The van der Waals surface area contributed by atoms with Crippen LogP contribution in [0.4, 0.5) is 0 Å². The van der Waals surface area contributed by atoms with Gasteiger partial charge in [-0.25, -0.2) is 0 Å². The molecule has 0 heterocycles. The Hall–Kier alpha value is -1.30. The molecule has 0 aliphatic heterocycles. The Kier molecular flexibility index (Phi) is 6.62. The van der Waals surface area contributed by atoms with E-state index in [0.717, 1.165) is 5.56 Å². The fourth-order valence-corrected chi connectivity index (χ4v) is 1.63. The normalized spacial score (nSPS) is 13.9. The monoisotopic (exact) mass is 269 g/mol. The van der Waals surface area contributed by atoms with Gasteiger partial charge in [0.25, 0.3) is 0 Å². The predicted octanol–water partition coefficient (Wildman–Crippen LogP) is 1.49. The Morgan fingerprint density at radius 2 is 2.05 bits per heavy atom. The fourth-order valence-electron chi connectivity index (χ4n) is 1.63. The molecule has 1 rings (SSSR count). The first kappa shape index (κ1) is 15.8. The molecule has 0 aliphatic rings. The predicted molar refractivity (Wildman–Crippen MR) is 73.6 cm³/mol. The molecule has 3 N–H and O–H groups in total. The third-order valence-corrected chi connectivity index (χ3v) is 2.66. The van der Waals surface area contributed by atoms with E-state index in [4.69, 9.17) is 19.9 Å². The van der Waals surface area contributed by atoms with Crippen LogP contribution in [0.2, 0.25) is 0 Å². The van der Waals surface area contributed by atoms with Gasteiger partial charge in [-0.1, -0.05) is 6.07 Å². The zero-order valence-corrected chi connectivity index (χ0v) is 11.8. The third kappa shape index (κ3) is 5.06. The molecule has 1 aromatic rings. The first-order valence-corrected chi connectivity index (χ1v) is 6.40. The van der Waals surface area contributed by atoms with Crippen molar-refractivity contribution in [1.82, 2.24) is 0 Å². The molecule has 5 nitrogen and oxygen atoms in total. The van der Waals surface area contributed by atoms with Crippen molar-refractivity contribution in [2.45, 2.75) is 26.0 Å². The van der Waals surface area contributed by atoms with Crippen molar-refractivity contribution < 1.29 is 19.3 Å². The van der Waals surface area contributed by atoms with Crippen LogP contribution in [-0.4, -0.2) is 38.1 Å². The van der Waals surface area contributed by atoms with Gasteiger partial charge in [-0.15, -0.1) is 0 Å². The van der Waals surface area contributed by atoms with Crippen molar-refractivity contribution in [3.05, 3.63) is 23.8 Å². The lowest BCUT2D eigenvalue weighted by Gasteiger charge is -2.17. The molecule has 2 atom stereocenters. The van der Waals surface area contributed by atoms with E-state index in [1.54, 1.807) is 13.2 Å². The van der Waals surface area contributed by atoms with Gasteiger partial charge in [0.15, 0.2) is 0 Å². The highest BCUT2D eigenvalue weighted by Gasteiger charge is 2.12. The molecular formula is C14H23NO4. The maximum absolute atomic E-state index is 9.69. The van der Waals surface area contributed by atoms with E-state index in [1.807, 2.05) is 26.0 Å². The molecule has 1 unspecified atom stereocenters. The molecule has 19 heavy (non-hydrogen) atoms. The second-order valence-corrected chi connectivity index (χ2v) is 4.32. The minimum atomic E-state index is -0.660. The summed E-state index contributed by atoms with van der Waals surface area (Å²) >= 11 is 0. The summed E-state index contributed by atoms with van der Waals surface area (Å²) in [7, 11) is 1.59. The Morgan fingerprint density at radius 3 is 2.63 bits per heavy atom. The van der Waals surface area contributed by atoms with Crippen molar-refractivity contribution in [2.24, 2.45) is 5.73 Å². The summed E-state index contributed by atoms with van der Waals surface area (Å²) in [6.45, 7) is 4.75. The van der Waals surface area contributed by atoms with E-state index in [2.05, 4.69) is 0 Å². The Bertz CT molecular complexity index is 382. The second-order valence-electron chi connectivity index (χ2n) is 4.32. The van der Waals surface area contributed by atoms with Crippen LogP contribution in [0.1, 0.15) is 25.5 Å². The molecule has 5 heteroatoms. The molecule has 0 aromatic heterocycles. The highest BCUT2D eigenvalue weighted by Crippen LogP contribution is 2.28. The van der Waals surface area contributed by atoms with Crippen LogP contribution >= 0.6 is 0 Å². The zero-order valence-electron chi connectivity index (χ0n) is 11.8. The average molecular weight is 269 g/mol. The van der Waals surface area contributed by atoms with E-state index in [0.29, 0.717) is 18.1 Å². The van der Waals surface area contributed by atoms with Crippen LogP contribution in [0.25, 0.3) is 0 Å². The molecule has 0 amide bonds. The van der Waals surface area contributed by atoms with E-state index >= 15 is 0 Å². The first-order chi connectivity index (χ1) is 9.08. The number of aliphatic hydroxyl groups is 1. The van der Waals surface area contributed by atoms with Crippen molar-refractivity contribution in [3.63, 3.8) is 0 Å². The smallest absolute Gasteiger partial charge is 0.127 e. The highest BCUT2D eigenvalue weighted by atomic mass is 16.5. The van der Waals surface area contributed by atoms with Gasteiger partial charge >= 0.3 is 0 Å². The van der Waals surface area contributed by atoms with Gasteiger partial charge in [-0.3, -0.25) is 0 Å². The van der Waals surface area contributed by atoms with Crippen LogP contribution in [0, 0.1) is 0 Å². The topological polar surface area (TPSA) is 73.9 Å². The molecule has 0 saturated heterocycles. The molecule has 1 aromatic carbocycles. The largest absolute Gasteiger partial charge is 0.497 e. The lowest BCUT2D eigenvalue weighted by molar-refractivity contribution is 0.0162. The minimum Gasteiger partial charge on any atom is -0.497 e. The van der Waals surface area contributed by atoms with Crippen LogP contribution in [-0.2, 0) is 4.74 Å². The van der Waals surface area contributed by atoms with E-state index in [9.17, 15) is 5.11 Å². The van der Waals surface area contributed by atoms with Gasteiger partial charge in [0.05, 0.1) is 13.7 Å². The molecule has 108 valence electrons. The van der Waals surface area contributed by atoms with Crippen LogP contribution in [0.5, 0.6) is 11.5 Å². The van der Waals surface area contributed by atoms with Crippen molar-refractivity contribution >= 4 is 0 Å². The summed E-state index contributed by atoms with van der Waals surface area (Å²) in [5.41, 5.74) is 6.76. The van der Waals surface area contributed by atoms with Crippen LogP contribution in [0.15, 0.2) is 18.2 Å².